The summed E-state index contributed by atoms with van der Waals surface area (Å²) in [7, 11) is 0. The zero-order valence-electron chi connectivity index (χ0n) is 8.42. The Morgan fingerprint density at radius 2 is 2.07 bits per heavy atom. The second kappa shape index (κ2) is 4.72. The normalized spacial score (nSPS) is 9.86. The molecule has 1 aromatic carbocycles. The van der Waals surface area contributed by atoms with E-state index in [1.807, 2.05) is 31.2 Å². The third-order valence-electron chi connectivity index (χ3n) is 2.05. The van der Waals surface area contributed by atoms with Crippen molar-refractivity contribution in [2.75, 3.05) is 6.54 Å². The van der Waals surface area contributed by atoms with E-state index in [4.69, 9.17) is 5.73 Å². The van der Waals surface area contributed by atoms with E-state index in [-0.39, 0.29) is 5.78 Å². The maximum Gasteiger partial charge on any atom is 0.164 e. The zero-order valence-corrected chi connectivity index (χ0v) is 8.42. The number of allylic oxidation sites excluding steroid dienone is 1. The minimum Gasteiger partial charge on any atom is -0.330 e. The van der Waals surface area contributed by atoms with Crippen LogP contribution in [0.15, 0.2) is 30.8 Å². The fourth-order valence-corrected chi connectivity index (χ4v) is 1.23. The van der Waals surface area contributed by atoms with Crippen molar-refractivity contribution in [3.05, 3.63) is 42.0 Å². The van der Waals surface area contributed by atoms with Gasteiger partial charge in [-0.3, -0.25) is 4.79 Å². The first-order valence-electron chi connectivity index (χ1n) is 4.64. The molecule has 0 spiro atoms. The summed E-state index contributed by atoms with van der Waals surface area (Å²) in [5.74, 6) is 0.0931. The second-order valence-electron chi connectivity index (χ2n) is 3.32. The van der Waals surface area contributed by atoms with Gasteiger partial charge in [0.25, 0.3) is 0 Å². The fourth-order valence-electron chi connectivity index (χ4n) is 1.23. The largest absolute Gasteiger partial charge is 0.330 e. The summed E-state index contributed by atoms with van der Waals surface area (Å²) >= 11 is 0. The molecule has 0 heterocycles. The number of benzene rings is 1. The maximum atomic E-state index is 11.5. The highest BCUT2D eigenvalue weighted by Crippen LogP contribution is 2.14. The standard InChI is InChI=1S/C12H15NO/c1-9(2)10-4-3-5-11(8-10)12(14)6-7-13/h3-5,8H,1,6-7,13H2,2H3. The topological polar surface area (TPSA) is 43.1 Å². The van der Waals surface area contributed by atoms with E-state index in [0.29, 0.717) is 13.0 Å². The molecule has 0 aliphatic heterocycles. The average Bonchev–Trinajstić information content (AvgIpc) is 2.18. The van der Waals surface area contributed by atoms with Crippen LogP contribution in [0, 0.1) is 0 Å². The van der Waals surface area contributed by atoms with E-state index >= 15 is 0 Å². The van der Waals surface area contributed by atoms with Crippen molar-refractivity contribution in [1.82, 2.24) is 0 Å². The van der Waals surface area contributed by atoms with Gasteiger partial charge in [-0.1, -0.05) is 30.4 Å². The van der Waals surface area contributed by atoms with E-state index in [2.05, 4.69) is 6.58 Å². The van der Waals surface area contributed by atoms with Crippen molar-refractivity contribution in [1.29, 1.82) is 0 Å². The monoisotopic (exact) mass is 189 g/mol. The van der Waals surface area contributed by atoms with Crippen LogP contribution < -0.4 is 5.73 Å². The first-order valence-corrected chi connectivity index (χ1v) is 4.64. The molecule has 0 radical (unpaired) electrons. The lowest BCUT2D eigenvalue weighted by atomic mass is 10.0. The highest BCUT2D eigenvalue weighted by molar-refractivity contribution is 5.96. The van der Waals surface area contributed by atoms with Gasteiger partial charge < -0.3 is 5.73 Å². The molecule has 1 rings (SSSR count). The Balaban J connectivity index is 2.93. The predicted molar refractivity (Wildman–Crippen MR) is 59.2 cm³/mol. The molecule has 0 aromatic heterocycles. The number of carbonyl (C=O) groups excluding carboxylic acids is 1. The predicted octanol–water partition coefficient (Wildman–Crippen LogP) is 2.25. The third-order valence-corrected chi connectivity index (χ3v) is 2.05. The minimum absolute atomic E-state index is 0.0931. The maximum absolute atomic E-state index is 11.5. The lowest BCUT2D eigenvalue weighted by Crippen LogP contribution is -2.08. The number of nitrogens with two attached hydrogens (primary N) is 1. The zero-order chi connectivity index (χ0) is 10.6. The molecule has 2 heteroatoms. The van der Waals surface area contributed by atoms with Crippen LogP contribution in [0.3, 0.4) is 0 Å². The summed E-state index contributed by atoms with van der Waals surface area (Å²) in [5, 5.41) is 0. The number of carbonyl (C=O) groups is 1. The Morgan fingerprint density at radius 3 is 2.64 bits per heavy atom. The Bertz CT molecular complexity index is 355. The fraction of sp³-hybridized carbons (Fsp3) is 0.250. The van der Waals surface area contributed by atoms with Crippen LogP contribution in [-0.2, 0) is 0 Å². The van der Waals surface area contributed by atoms with Crippen molar-refractivity contribution in [2.24, 2.45) is 5.73 Å². The van der Waals surface area contributed by atoms with Crippen LogP contribution in [0.1, 0.15) is 29.3 Å². The van der Waals surface area contributed by atoms with Gasteiger partial charge >= 0.3 is 0 Å². The summed E-state index contributed by atoms with van der Waals surface area (Å²) < 4.78 is 0. The van der Waals surface area contributed by atoms with Gasteiger partial charge in [-0.15, -0.1) is 0 Å². The molecule has 0 bridgehead atoms. The van der Waals surface area contributed by atoms with Crippen molar-refractivity contribution in [3.8, 4) is 0 Å². The Hall–Kier alpha value is -1.41. The highest BCUT2D eigenvalue weighted by Gasteiger charge is 2.04. The van der Waals surface area contributed by atoms with Gasteiger partial charge in [-0.25, -0.2) is 0 Å². The van der Waals surface area contributed by atoms with Crippen molar-refractivity contribution in [2.45, 2.75) is 13.3 Å². The Labute approximate surface area is 84.4 Å². The number of rotatable bonds is 4. The highest BCUT2D eigenvalue weighted by atomic mass is 16.1. The quantitative estimate of drug-likeness (QED) is 0.738. The molecule has 0 atom stereocenters. The number of hydrogen-bond acceptors (Lipinski definition) is 2. The summed E-state index contributed by atoms with van der Waals surface area (Å²) in [4.78, 5) is 11.5. The molecule has 0 aliphatic rings. The van der Waals surface area contributed by atoms with E-state index in [1.165, 1.54) is 0 Å². The van der Waals surface area contributed by atoms with Crippen molar-refractivity contribution in [3.63, 3.8) is 0 Å². The molecule has 14 heavy (non-hydrogen) atoms. The Morgan fingerprint density at radius 1 is 1.43 bits per heavy atom. The summed E-state index contributed by atoms with van der Waals surface area (Å²) in [6.07, 6.45) is 0.402. The molecule has 74 valence electrons. The van der Waals surface area contributed by atoms with Gasteiger partial charge in [0.05, 0.1) is 0 Å². The van der Waals surface area contributed by atoms with Gasteiger partial charge in [0.15, 0.2) is 5.78 Å². The molecule has 0 unspecified atom stereocenters. The van der Waals surface area contributed by atoms with Crippen LogP contribution in [0.25, 0.3) is 5.57 Å². The molecule has 2 N–H and O–H groups in total. The molecular formula is C12H15NO. The van der Waals surface area contributed by atoms with Crippen LogP contribution in [0.4, 0.5) is 0 Å². The van der Waals surface area contributed by atoms with Gasteiger partial charge in [0, 0.05) is 12.0 Å². The lowest BCUT2D eigenvalue weighted by Gasteiger charge is -2.03. The van der Waals surface area contributed by atoms with E-state index in [1.54, 1.807) is 0 Å². The van der Waals surface area contributed by atoms with Gasteiger partial charge in [-0.05, 0) is 25.1 Å². The number of Topliss-reactive ketones (excluding diaryl/α,β-unsaturated/α-hetero) is 1. The lowest BCUT2D eigenvalue weighted by molar-refractivity contribution is 0.0985. The van der Waals surface area contributed by atoms with Crippen molar-refractivity contribution >= 4 is 11.4 Å². The average molecular weight is 189 g/mol. The van der Waals surface area contributed by atoms with Crippen molar-refractivity contribution < 1.29 is 4.79 Å². The van der Waals surface area contributed by atoms with E-state index in [0.717, 1.165) is 16.7 Å². The molecule has 0 saturated heterocycles. The first kappa shape index (κ1) is 10.7. The third kappa shape index (κ3) is 2.54. The molecular weight excluding hydrogens is 174 g/mol. The van der Waals surface area contributed by atoms with Crippen LogP contribution >= 0.6 is 0 Å². The minimum atomic E-state index is 0.0931. The van der Waals surface area contributed by atoms with Gasteiger partial charge in [0.1, 0.15) is 0 Å². The summed E-state index contributed by atoms with van der Waals surface area (Å²) in [6.45, 7) is 6.16. The molecule has 2 nitrogen and oxygen atoms in total. The smallest absolute Gasteiger partial charge is 0.164 e. The van der Waals surface area contributed by atoms with E-state index < -0.39 is 0 Å². The van der Waals surface area contributed by atoms with Crippen LogP contribution in [0.2, 0.25) is 0 Å². The molecule has 0 saturated carbocycles. The van der Waals surface area contributed by atoms with Crippen LogP contribution in [0.5, 0.6) is 0 Å². The molecule has 1 aromatic rings. The second-order valence-corrected chi connectivity index (χ2v) is 3.32. The number of hydrogen-bond donors (Lipinski definition) is 1. The SMILES string of the molecule is C=C(C)c1cccc(C(=O)CCN)c1. The van der Waals surface area contributed by atoms with Crippen LogP contribution in [-0.4, -0.2) is 12.3 Å². The molecule has 0 fully saturated rings. The van der Waals surface area contributed by atoms with Gasteiger partial charge in [-0.2, -0.15) is 0 Å². The van der Waals surface area contributed by atoms with Gasteiger partial charge in [0.2, 0.25) is 0 Å². The number of ketones is 1. The summed E-state index contributed by atoms with van der Waals surface area (Å²) in [6, 6.07) is 7.49. The first-order chi connectivity index (χ1) is 6.65. The summed E-state index contributed by atoms with van der Waals surface area (Å²) in [5.41, 5.74) is 8.02. The van der Waals surface area contributed by atoms with E-state index in [9.17, 15) is 4.79 Å². The molecule has 0 aliphatic carbocycles. The molecule has 0 amide bonds. The Kier molecular flexibility index (Phi) is 3.60.